The van der Waals surface area contributed by atoms with Crippen LogP contribution in [0.25, 0.3) is 16.5 Å². The normalized spacial score (nSPS) is 17.2. The molecule has 0 radical (unpaired) electrons. The minimum absolute atomic E-state index is 0.133. The van der Waals surface area contributed by atoms with E-state index in [1.165, 1.54) is 24.0 Å². The molecule has 3 aliphatic rings. The van der Waals surface area contributed by atoms with Crippen molar-refractivity contribution in [2.75, 3.05) is 13.1 Å². The van der Waals surface area contributed by atoms with Crippen LogP contribution in [0.15, 0.2) is 30.6 Å². The van der Waals surface area contributed by atoms with Gasteiger partial charge in [-0.2, -0.15) is 0 Å². The van der Waals surface area contributed by atoms with Crippen molar-refractivity contribution in [1.29, 1.82) is 0 Å². The number of hydrogen-bond acceptors (Lipinski definition) is 3. The number of piperidine rings is 1. The predicted octanol–water partition coefficient (Wildman–Crippen LogP) is 4.17. The number of aromatic amines is 1. The van der Waals surface area contributed by atoms with Gasteiger partial charge in [0.15, 0.2) is 0 Å². The quantitative estimate of drug-likeness (QED) is 0.668. The van der Waals surface area contributed by atoms with Gasteiger partial charge in [-0.05, 0) is 30.4 Å². The summed E-state index contributed by atoms with van der Waals surface area (Å²) in [4.78, 5) is 16.0. The summed E-state index contributed by atoms with van der Waals surface area (Å²) in [6.45, 7) is 6.31. The van der Waals surface area contributed by atoms with Gasteiger partial charge in [0.1, 0.15) is 0 Å². The van der Waals surface area contributed by atoms with E-state index < -0.39 is 0 Å². The number of nitro groups is 1. The Kier molecular flexibility index (Phi) is 3.88. The molecule has 0 aliphatic carbocycles. The zero-order valence-electron chi connectivity index (χ0n) is 13.0. The summed E-state index contributed by atoms with van der Waals surface area (Å²) in [6.07, 6.45) is 6.68. The highest BCUT2D eigenvalue weighted by molar-refractivity contribution is 5.94. The van der Waals surface area contributed by atoms with E-state index in [0.717, 1.165) is 24.0 Å². The van der Waals surface area contributed by atoms with Gasteiger partial charge in [0.2, 0.25) is 0 Å². The number of nitrogens with zero attached hydrogens (tertiary/aromatic N) is 2. The minimum atomic E-state index is -0.354. The molecule has 5 nitrogen and oxygen atoms in total. The Labute approximate surface area is 129 Å². The third kappa shape index (κ3) is 2.36. The first kappa shape index (κ1) is 14.6. The predicted molar refractivity (Wildman–Crippen MR) is 88.6 cm³/mol. The Morgan fingerprint density at radius 3 is 2.59 bits per heavy atom. The molecule has 116 valence electrons. The zero-order chi connectivity index (χ0) is 15.7. The second-order valence-corrected chi connectivity index (χ2v) is 5.58. The average Bonchev–Trinajstić information content (AvgIpc) is 3.00. The lowest BCUT2D eigenvalue weighted by Gasteiger charge is -2.39. The van der Waals surface area contributed by atoms with Crippen LogP contribution < -0.4 is 0 Å². The molecule has 2 bridgehead atoms. The molecule has 1 aromatic carbocycles. The van der Waals surface area contributed by atoms with E-state index in [1.54, 1.807) is 12.1 Å². The Bertz CT molecular complexity index is 725. The molecule has 0 unspecified atom stereocenters. The van der Waals surface area contributed by atoms with Gasteiger partial charge in [-0.25, -0.2) is 0 Å². The Balaban J connectivity index is 0.000000693. The number of nitro benzene ring substituents is 1. The first-order chi connectivity index (χ1) is 10.7. The minimum Gasteiger partial charge on any atom is -0.377 e. The number of fused-ring (bicyclic) bond motifs is 3. The van der Waals surface area contributed by atoms with E-state index in [9.17, 15) is 10.1 Å². The molecule has 1 fully saturated rings. The van der Waals surface area contributed by atoms with E-state index in [4.69, 9.17) is 0 Å². The molecule has 5 heteroatoms. The zero-order valence-corrected chi connectivity index (χ0v) is 13.0. The van der Waals surface area contributed by atoms with Crippen molar-refractivity contribution >= 4 is 22.2 Å². The molecule has 3 aliphatic heterocycles. The third-order valence-electron chi connectivity index (χ3n) is 4.48. The van der Waals surface area contributed by atoms with Crippen LogP contribution in [-0.4, -0.2) is 27.9 Å². The van der Waals surface area contributed by atoms with Gasteiger partial charge in [0.05, 0.1) is 10.4 Å². The second-order valence-electron chi connectivity index (χ2n) is 5.58. The van der Waals surface area contributed by atoms with Crippen LogP contribution in [0.5, 0.6) is 0 Å². The summed E-state index contributed by atoms with van der Waals surface area (Å²) < 4.78 is 0. The van der Waals surface area contributed by atoms with Crippen molar-refractivity contribution in [1.82, 2.24) is 9.88 Å². The maximum atomic E-state index is 10.8. The molecule has 1 saturated heterocycles. The van der Waals surface area contributed by atoms with E-state index in [0.29, 0.717) is 5.92 Å². The maximum absolute atomic E-state index is 10.8. The smallest absolute Gasteiger partial charge is 0.271 e. The van der Waals surface area contributed by atoms with Crippen LogP contribution in [0.3, 0.4) is 0 Å². The molecule has 0 amide bonds. The van der Waals surface area contributed by atoms with Crippen LogP contribution in [0.2, 0.25) is 0 Å². The average molecular weight is 299 g/mol. The van der Waals surface area contributed by atoms with Crippen LogP contribution in [0, 0.1) is 16.0 Å². The summed E-state index contributed by atoms with van der Waals surface area (Å²) in [5, 5.41) is 11.9. The Morgan fingerprint density at radius 1 is 1.27 bits per heavy atom. The second kappa shape index (κ2) is 5.83. The number of rotatable bonds is 2. The lowest BCUT2D eigenvalue weighted by atomic mass is 9.82. The number of non-ortho nitro benzene ring substituents is 1. The molecule has 4 heterocycles. The largest absolute Gasteiger partial charge is 0.377 e. The molecule has 0 spiro atoms. The number of benzene rings is 1. The van der Waals surface area contributed by atoms with Crippen molar-refractivity contribution in [2.45, 2.75) is 26.7 Å². The molecule has 0 atom stereocenters. The molecule has 1 N–H and O–H groups in total. The number of H-pyrrole nitrogens is 1. The number of nitrogens with one attached hydrogen (secondary N) is 1. The van der Waals surface area contributed by atoms with Crippen molar-refractivity contribution in [3.8, 4) is 0 Å². The van der Waals surface area contributed by atoms with Crippen molar-refractivity contribution < 1.29 is 4.92 Å². The van der Waals surface area contributed by atoms with Gasteiger partial charge in [0, 0.05) is 48.6 Å². The van der Waals surface area contributed by atoms with Gasteiger partial charge in [-0.1, -0.05) is 13.8 Å². The highest BCUT2D eigenvalue weighted by Gasteiger charge is 2.29. The molecule has 22 heavy (non-hydrogen) atoms. The SMILES string of the molecule is CC.O=[N+]([O-])c1ccc2c(C3=CN4CCC3CC4)c[nH]c2c1. The van der Waals surface area contributed by atoms with Crippen LogP contribution in [0.1, 0.15) is 32.3 Å². The Morgan fingerprint density at radius 2 is 2.00 bits per heavy atom. The number of allylic oxidation sites excluding steroid dienone is 1. The van der Waals surface area contributed by atoms with E-state index in [1.807, 2.05) is 26.1 Å². The van der Waals surface area contributed by atoms with Gasteiger partial charge < -0.3 is 9.88 Å². The summed E-state index contributed by atoms with van der Waals surface area (Å²) in [7, 11) is 0. The van der Waals surface area contributed by atoms with Crippen molar-refractivity contribution in [3.05, 3.63) is 46.3 Å². The highest BCUT2D eigenvalue weighted by Crippen LogP contribution is 2.40. The molecule has 2 aromatic rings. The highest BCUT2D eigenvalue weighted by atomic mass is 16.6. The topological polar surface area (TPSA) is 62.2 Å². The third-order valence-corrected chi connectivity index (χ3v) is 4.48. The Hall–Kier alpha value is -2.30. The summed E-state index contributed by atoms with van der Waals surface area (Å²) >= 11 is 0. The van der Waals surface area contributed by atoms with E-state index >= 15 is 0 Å². The molecule has 5 rings (SSSR count). The number of aromatic nitrogens is 1. The van der Waals surface area contributed by atoms with Crippen LogP contribution >= 0.6 is 0 Å². The molecule has 1 aromatic heterocycles. The van der Waals surface area contributed by atoms with Crippen molar-refractivity contribution in [3.63, 3.8) is 0 Å². The van der Waals surface area contributed by atoms with Gasteiger partial charge >= 0.3 is 0 Å². The standard InChI is InChI=1S/C15H15N3O2.C2H6/c19-18(20)11-1-2-12-13(8-16-15(12)7-11)14-9-17-5-3-10(14)4-6-17;1-2/h1-2,7-10,16H,3-6H2;1-2H3. The molecular weight excluding hydrogens is 278 g/mol. The first-order valence-corrected chi connectivity index (χ1v) is 7.94. The monoisotopic (exact) mass is 299 g/mol. The van der Waals surface area contributed by atoms with Gasteiger partial charge in [-0.15, -0.1) is 0 Å². The van der Waals surface area contributed by atoms with E-state index in [2.05, 4.69) is 16.1 Å². The summed E-state index contributed by atoms with van der Waals surface area (Å²) in [6, 6.07) is 5.06. The molecule has 0 saturated carbocycles. The fraction of sp³-hybridized carbons (Fsp3) is 0.412. The van der Waals surface area contributed by atoms with Gasteiger partial charge in [-0.3, -0.25) is 10.1 Å². The maximum Gasteiger partial charge on any atom is 0.271 e. The van der Waals surface area contributed by atoms with Gasteiger partial charge in [0.25, 0.3) is 5.69 Å². The lowest BCUT2D eigenvalue weighted by Crippen LogP contribution is -2.35. The summed E-state index contributed by atoms with van der Waals surface area (Å²) in [5.41, 5.74) is 3.55. The van der Waals surface area contributed by atoms with E-state index in [-0.39, 0.29) is 10.6 Å². The van der Waals surface area contributed by atoms with Crippen LogP contribution in [-0.2, 0) is 0 Å². The lowest BCUT2D eigenvalue weighted by molar-refractivity contribution is -0.384. The first-order valence-electron chi connectivity index (χ1n) is 7.94. The molecular formula is C17H21N3O2. The fourth-order valence-electron chi connectivity index (χ4n) is 3.40. The van der Waals surface area contributed by atoms with Crippen LogP contribution in [0.4, 0.5) is 5.69 Å². The number of hydrogen-bond donors (Lipinski definition) is 1. The summed E-state index contributed by atoms with van der Waals surface area (Å²) in [5.74, 6) is 0.634. The van der Waals surface area contributed by atoms with Crippen molar-refractivity contribution in [2.24, 2.45) is 5.92 Å². The fourth-order valence-corrected chi connectivity index (χ4v) is 3.40.